The van der Waals surface area contributed by atoms with Crippen LogP contribution < -0.4 is 21.3 Å². The van der Waals surface area contributed by atoms with E-state index in [0.717, 1.165) is 17.5 Å². The molecule has 4 rings (SSSR count). The summed E-state index contributed by atoms with van der Waals surface area (Å²) in [5, 5.41) is 1.43. The molecule has 4 aromatic rings. The zero-order valence-electron chi connectivity index (χ0n) is 18.5. The summed E-state index contributed by atoms with van der Waals surface area (Å²) in [5.74, 6) is 1.05. The molecule has 0 radical (unpaired) electrons. The number of halogens is 3. The molecule has 0 aliphatic carbocycles. The van der Waals surface area contributed by atoms with Gasteiger partial charge in [-0.25, -0.2) is 4.98 Å². The molecule has 0 aliphatic rings. The fraction of sp³-hybridized carbons (Fsp3) is 0.120. The zero-order chi connectivity index (χ0) is 24.7. The second kappa shape index (κ2) is 10.6. The molecule has 34 heavy (non-hydrogen) atoms. The van der Waals surface area contributed by atoms with Crippen LogP contribution in [0.5, 0.6) is 11.5 Å². The third-order valence-corrected chi connectivity index (χ3v) is 4.59. The largest absolute Gasteiger partial charge is 0.457 e. The first-order valence-electron chi connectivity index (χ1n) is 10.5. The van der Waals surface area contributed by atoms with Gasteiger partial charge in [0, 0.05) is 10.9 Å². The molecule has 0 saturated heterocycles. The molecule has 1 amide bonds. The van der Waals surface area contributed by atoms with E-state index in [-0.39, 0.29) is 11.7 Å². The average Bonchev–Trinajstić information content (AvgIpc) is 2.83. The third-order valence-electron chi connectivity index (χ3n) is 4.59. The van der Waals surface area contributed by atoms with Crippen molar-refractivity contribution in [2.75, 3.05) is 11.2 Å². The molecule has 0 atom stereocenters. The van der Waals surface area contributed by atoms with Crippen molar-refractivity contribution in [3.63, 3.8) is 0 Å². The summed E-state index contributed by atoms with van der Waals surface area (Å²) < 4.78 is 44.0. The molecule has 1 aromatic heterocycles. The molecule has 0 fully saturated rings. The maximum Gasteiger partial charge on any atom is 0.416 e. The molecule has 0 saturated carbocycles. The van der Waals surface area contributed by atoms with Crippen LogP contribution in [0.1, 0.15) is 29.8 Å². The highest BCUT2D eigenvalue weighted by Crippen LogP contribution is 2.33. The highest BCUT2D eigenvalue weighted by Gasteiger charge is 2.30. The van der Waals surface area contributed by atoms with Gasteiger partial charge < -0.3 is 10.5 Å². The van der Waals surface area contributed by atoms with Gasteiger partial charge in [-0.1, -0.05) is 32.0 Å². The molecule has 0 bridgehead atoms. The van der Waals surface area contributed by atoms with Crippen molar-refractivity contribution in [1.82, 2.24) is 10.4 Å². The predicted octanol–water partition coefficient (Wildman–Crippen LogP) is 6.41. The van der Waals surface area contributed by atoms with Gasteiger partial charge in [0.1, 0.15) is 23.1 Å². The van der Waals surface area contributed by atoms with E-state index in [2.05, 4.69) is 15.8 Å². The van der Waals surface area contributed by atoms with Crippen LogP contribution in [0, 0.1) is 0 Å². The Bertz CT molecular complexity index is 1280. The number of rotatable bonds is 5. The minimum Gasteiger partial charge on any atom is -0.457 e. The van der Waals surface area contributed by atoms with Crippen molar-refractivity contribution in [1.29, 1.82) is 0 Å². The summed E-state index contributed by atoms with van der Waals surface area (Å²) in [5.41, 5.74) is 10.5. The summed E-state index contributed by atoms with van der Waals surface area (Å²) in [6, 6.07) is 19.7. The Balaban J connectivity index is 0.00000158. The van der Waals surface area contributed by atoms with Gasteiger partial charge in [-0.05, 0) is 66.0 Å². The lowest BCUT2D eigenvalue weighted by atomic mass is 10.1. The van der Waals surface area contributed by atoms with Gasteiger partial charge >= 0.3 is 6.18 Å². The van der Waals surface area contributed by atoms with E-state index in [4.69, 9.17) is 10.5 Å². The van der Waals surface area contributed by atoms with Gasteiger partial charge in [0.2, 0.25) is 0 Å². The number of nitrogens with one attached hydrogen (secondary N) is 2. The van der Waals surface area contributed by atoms with E-state index in [1.165, 1.54) is 12.1 Å². The minimum absolute atomic E-state index is 0.270. The molecular formula is C25H23F3N4O2. The number of pyridine rings is 1. The lowest BCUT2D eigenvalue weighted by Gasteiger charge is -2.12. The van der Waals surface area contributed by atoms with Crippen LogP contribution in [0.25, 0.3) is 10.8 Å². The second-order valence-corrected chi connectivity index (χ2v) is 6.84. The number of benzene rings is 3. The van der Waals surface area contributed by atoms with Gasteiger partial charge in [-0.2, -0.15) is 13.2 Å². The lowest BCUT2D eigenvalue weighted by molar-refractivity contribution is -0.137. The number of aromatic nitrogens is 1. The Morgan fingerprint density at radius 3 is 2.32 bits per heavy atom. The van der Waals surface area contributed by atoms with Gasteiger partial charge in [-0.15, -0.1) is 0 Å². The highest BCUT2D eigenvalue weighted by molar-refractivity contribution is 6.00. The Labute approximate surface area is 194 Å². The lowest BCUT2D eigenvalue weighted by Crippen LogP contribution is -2.29. The number of nitrogen functional groups attached to an aromatic ring is 1. The monoisotopic (exact) mass is 468 g/mol. The first-order valence-corrected chi connectivity index (χ1v) is 10.5. The summed E-state index contributed by atoms with van der Waals surface area (Å²) >= 11 is 0. The van der Waals surface area contributed by atoms with Gasteiger partial charge in [0.15, 0.2) is 0 Å². The molecule has 3 aromatic carbocycles. The number of hydrogen-bond donors (Lipinski definition) is 3. The maximum atomic E-state index is 12.7. The SMILES string of the molecule is CC.Nc1cccc(NNC(=O)c2ccc3c(Oc4ccc(C(F)(F)F)cc4)cccc3c2)n1. The number of nitrogens with zero attached hydrogens (tertiary/aromatic N) is 1. The number of carbonyl (C=O) groups excluding carboxylic acids is 1. The number of amides is 1. The van der Waals surface area contributed by atoms with Crippen molar-refractivity contribution >= 4 is 28.3 Å². The van der Waals surface area contributed by atoms with Crippen LogP contribution in [-0.2, 0) is 6.18 Å². The van der Waals surface area contributed by atoms with E-state index in [0.29, 0.717) is 28.3 Å². The molecule has 176 valence electrons. The molecule has 0 spiro atoms. The molecule has 0 unspecified atom stereocenters. The van der Waals surface area contributed by atoms with E-state index < -0.39 is 11.7 Å². The summed E-state index contributed by atoms with van der Waals surface area (Å²) in [7, 11) is 0. The maximum absolute atomic E-state index is 12.7. The molecule has 0 aliphatic heterocycles. The fourth-order valence-corrected chi connectivity index (χ4v) is 3.04. The Kier molecular flexibility index (Phi) is 7.57. The number of hydrazine groups is 1. The molecule has 4 N–H and O–H groups in total. The predicted molar refractivity (Wildman–Crippen MR) is 127 cm³/mol. The molecule has 9 heteroatoms. The third kappa shape index (κ3) is 5.94. The van der Waals surface area contributed by atoms with E-state index in [1.807, 2.05) is 13.8 Å². The van der Waals surface area contributed by atoms with E-state index in [1.54, 1.807) is 54.6 Å². The highest BCUT2D eigenvalue weighted by atomic mass is 19.4. The van der Waals surface area contributed by atoms with Crippen LogP contribution in [0.15, 0.2) is 78.9 Å². The summed E-state index contributed by atoms with van der Waals surface area (Å²) in [6.07, 6.45) is -4.41. The van der Waals surface area contributed by atoms with Crippen LogP contribution in [0.2, 0.25) is 0 Å². The average molecular weight is 468 g/mol. The number of ether oxygens (including phenoxy) is 1. The minimum atomic E-state index is -4.41. The van der Waals surface area contributed by atoms with Crippen molar-refractivity contribution in [3.05, 3.63) is 90.0 Å². The molecule has 6 nitrogen and oxygen atoms in total. The van der Waals surface area contributed by atoms with Crippen molar-refractivity contribution < 1.29 is 22.7 Å². The van der Waals surface area contributed by atoms with Crippen LogP contribution in [-0.4, -0.2) is 10.9 Å². The first-order chi connectivity index (χ1) is 16.3. The number of fused-ring (bicyclic) bond motifs is 1. The van der Waals surface area contributed by atoms with Crippen LogP contribution >= 0.6 is 0 Å². The number of anilines is 2. The number of nitrogens with two attached hydrogens (primary N) is 1. The zero-order valence-corrected chi connectivity index (χ0v) is 18.5. The number of hydrogen-bond acceptors (Lipinski definition) is 5. The van der Waals surface area contributed by atoms with Crippen molar-refractivity contribution in [2.45, 2.75) is 20.0 Å². The Morgan fingerprint density at radius 2 is 1.65 bits per heavy atom. The van der Waals surface area contributed by atoms with Crippen LogP contribution in [0.4, 0.5) is 24.8 Å². The Morgan fingerprint density at radius 1 is 0.941 bits per heavy atom. The number of carbonyl (C=O) groups is 1. The van der Waals surface area contributed by atoms with Crippen molar-refractivity contribution in [3.8, 4) is 11.5 Å². The molecule has 1 heterocycles. The van der Waals surface area contributed by atoms with Crippen molar-refractivity contribution in [2.24, 2.45) is 0 Å². The smallest absolute Gasteiger partial charge is 0.416 e. The van der Waals surface area contributed by atoms with Gasteiger partial charge in [-0.3, -0.25) is 15.6 Å². The standard InChI is InChI=1S/C23H17F3N4O2.C2H6/c24-23(25,26)16-8-10-17(11-9-16)32-19-4-1-3-14-13-15(7-12-18(14)19)22(31)30-29-21-6-2-5-20(27)28-21;1-2/h1-13H,(H,30,31)(H3,27,28,29);1-2H3. The summed E-state index contributed by atoms with van der Waals surface area (Å²) in [4.78, 5) is 16.5. The second-order valence-electron chi connectivity index (χ2n) is 6.84. The molecular weight excluding hydrogens is 445 g/mol. The fourth-order valence-electron chi connectivity index (χ4n) is 3.04. The normalized spacial score (nSPS) is 10.7. The topological polar surface area (TPSA) is 89.3 Å². The van der Waals surface area contributed by atoms with Gasteiger partial charge in [0.25, 0.3) is 5.91 Å². The van der Waals surface area contributed by atoms with E-state index in [9.17, 15) is 18.0 Å². The van der Waals surface area contributed by atoms with E-state index >= 15 is 0 Å². The Hall–Kier alpha value is -4.27. The summed E-state index contributed by atoms with van der Waals surface area (Å²) in [6.45, 7) is 4.00. The van der Waals surface area contributed by atoms with Crippen LogP contribution in [0.3, 0.4) is 0 Å². The number of alkyl halides is 3. The quantitative estimate of drug-likeness (QED) is 0.295. The van der Waals surface area contributed by atoms with Gasteiger partial charge in [0.05, 0.1) is 5.56 Å². The first kappa shape index (κ1) is 24.4.